The van der Waals surface area contributed by atoms with Gasteiger partial charge in [0.1, 0.15) is 6.29 Å². The van der Waals surface area contributed by atoms with Gasteiger partial charge in [-0.05, 0) is 47.0 Å². The number of ketones is 2. The normalized spacial score (nSPS) is 13.7. The zero-order chi connectivity index (χ0) is 50.9. The van der Waals surface area contributed by atoms with E-state index in [0.717, 1.165) is 47.5 Å². The predicted molar refractivity (Wildman–Crippen MR) is 248 cm³/mol. The van der Waals surface area contributed by atoms with Crippen molar-refractivity contribution in [3.63, 3.8) is 0 Å². The number of alkyl halides is 10. The van der Waals surface area contributed by atoms with Crippen LogP contribution in [-0.2, 0) is 55.6 Å². The van der Waals surface area contributed by atoms with Crippen LogP contribution >= 0.6 is 15.9 Å². The number of aldehydes is 1. The molecule has 18 heteroatoms. The first-order chi connectivity index (χ1) is 33.3. The third-order valence-electron chi connectivity index (χ3n) is 10.1. The fourth-order valence-electron chi connectivity index (χ4n) is 6.51. The fourth-order valence-corrected chi connectivity index (χ4v) is 6.86. The molecule has 8 nitrogen and oxygen atoms in total. The maximum atomic E-state index is 12.7. The summed E-state index contributed by atoms with van der Waals surface area (Å²) < 4.78 is 134. The molecule has 2 heterocycles. The summed E-state index contributed by atoms with van der Waals surface area (Å²) in [5.74, 6) is -0.541. The Labute approximate surface area is 412 Å². The van der Waals surface area contributed by atoms with E-state index in [1.807, 2.05) is 12.1 Å². The molecule has 374 valence electrons. The van der Waals surface area contributed by atoms with E-state index in [1.54, 1.807) is 42.5 Å². The molecule has 0 saturated carbocycles. The van der Waals surface area contributed by atoms with Crippen LogP contribution in [0.4, 0.5) is 39.5 Å². The Morgan fingerprint density at radius 1 is 0.535 bits per heavy atom. The molecule has 2 aliphatic heterocycles. The minimum atomic E-state index is -4.43. The zero-order valence-electron chi connectivity index (χ0n) is 36.6. The summed E-state index contributed by atoms with van der Waals surface area (Å²) in [5, 5.41) is 9.02. The van der Waals surface area contributed by atoms with Gasteiger partial charge in [0.25, 0.3) is 0 Å². The quantitative estimate of drug-likeness (QED) is 0.0577. The molecular weight excluding hydrogens is 1010 g/mol. The van der Waals surface area contributed by atoms with Crippen molar-refractivity contribution in [2.24, 2.45) is 0 Å². The molecule has 0 aromatic heterocycles. The van der Waals surface area contributed by atoms with Crippen LogP contribution in [0, 0.1) is 11.3 Å². The topological polar surface area (TPSA) is 112 Å². The van der Waals surface area contributed by atoms with Gasteiger partial charge in [0.15, 0.2) is 24.1 Å². The summed E-state index contributed by atoms with van der Waals surface area (Å²) in [6.07, 6.45) is -13.3. The fraction of sp³-hybridized carbons (Fsp3) is 0.245. The molecule has 2 aliphatic rings. The molecule has 0 atom stereocenters. The van der Waals surface area contributed by atoms with Crippen molar-refractivity contribution < 1.29 is 72.8 Å². The van der Waals surface area contributed by atoms with Crippen LogP contribution < -0.4 is 0 Å². The van der Waals surface area contributed by atoms with Crippen molar-refractivity contribution in [2.75, 3.05) is 26.4 Å². The first-order valence-corrected chi connectivity index (χ1v) is 22.1. The van der Waals surface area contributed by atoms with E-state index in [1.165, 1.54) is 54.6 Å². The lowest BCUT2D eigenvalue weighted by atomic mass is 10.0. The Hall–Kier alpha value is -6.49. The molecule has 2 fully saturated rings. The first kappa shape index (κ1) is 57.1. The lowest BCUT2D eigenvalue weighted by molar-refractivity contribution is -0.138. The van der Waals surface area contributed by atoms with Crippen LogP contribution in [0.3, 0.4) is 0 Å². The maximum absolute atomic E-state index is 12.7. The van der Waals surface area contributed by atoms with E-state index in [9.17, 15) is 53.9 Å². The highest BCUT2D eigenvalue weighted by atomic mass is 79.9. The summed E-state index contributed by atoms with van der Waals surface area (Å²) in [6.45, 7) is 2.34. The van der Waals surface area contributed by atoms with Crippen molar-refractivity contribution in [1.29, 1.82) is 5.26 Å². The summed E-state index contributed by atoms with van der Waals surface area (Å²) in [7, 11) is 0. The monoisotopic (exact) mass is 1060 g/mol. The smallest absolute Gasteiger partial charge is 0.346 e. The standard InChI is InChI=1S/C18H15F3O3.C16H11F3O2.C10H9NO2.C8H6BrF3.CH4/c19-18(20,21)15-3-1-2-12(10-15)11-16(22)13-4-6-14(7-5-13)17-23-8-9-24-17;17-16(18,19)14-3-1-2-12(8-14)9-15(21)13-6-4-11(10-20)5-7-13;11-7-8-1-3-9(4-2-8)10-12-5-6-13-10;9-5-6-2-1-3-7(4-6)8(10,11)12;/h1-7,10,17H,8-9,11H2;1-8,10H,9H2;1-4,10H,5-6H2;1-4H,5H2;1H4. The number of halogens is 10. The molecule has 8 rings (SSSR count). The van der Waals surface area contributed by atoms with Gasteiger partial charge in [-0.25, -0.2) is 0 Å². The second-order valence-corrected chi connectivity index (χ2v) is 15.7. The third kappa shape index (κ3) is 18.0. The average Bonchev–Trinajstić information content (AvgIpc) is 4.11. The third-order valence-corrected chi connectivity index (χ3v) is 10.7. The number of hydrogen-bond acceptors (Lipinski definition) is 8. The molecular formula is C53H45BrF9NO7. The Morgan fingerprint density at radius 3 is 1.21 bits per heavy atom. The molecule has 6 aromatic carbocycles. The molecule has 6 aromatic rings. The highest BCUT2D eigenvalue weighted by Crippen LogP contribution is 2.32. The van der Waals surface area contributed by atoms with E-state index in [0.29, 0.717) is 77.0 Å². The zero-order valence-corrected chi connectivity index (χ0v) is 38.2. The Kier molecular flexibility index (Phi) is 21.4. The Bertz CT molecular complexity index is 2690. The van der Waals surface area contributed by atoms with Crippen molar-refractivity contribution in [3.05, 3.63) is 212 Å². The minimum absolute atomic E-state index is 0. The minimum Gasteiger partial charge on any atom is -0.346 e. The SMILES string of the molecule is C.FC(F)(F)c1cccc(CBr)c1.N#Cc1ccc(C2OCCO2)cc1.O=C(Cc1cccc(C(F)(F)F)c1)c1ccc(C2OCCO2)cc1.O=Cc1ccc(C(=O)Cc2cccc(C(F)(F)F)c2)cc1. The number of nitriles is 1. The van der Waals surface area contributed by atoms with Gasteiger partial charge in [0, 0.05) is 46.0 Å². The average molecular weight is 1060 g/mol. The van der Waals surface area contributed by atoms with Crippen LogP contribution in [0.1, 0.15) is 101 Å². The van der Waals surface area contributed by atoms with Gasteiger partial charge in [-0.1, -0.05) is 139 Å². The summed E-state index contributed by atoms with van der Waals surface area (Å²) in [4.78, 5) is 34.8. The van der Waals surface area contributed by atoms with Crippen molar-refractivity contribution in [3.8, 4) is 6.07 Å². The highest BCUT2D eigenvalue weighted by molar-refractivity contribution is 9.08. The Morgan fingerprint density at radius 2 is 0.873 bits per heavy atom. The van der Waals surface area contributed by atoms with Gasteiger partial charge >= 0.3 is 18.5 Å². The second-order valence-electron chi connectivity index (χ2n) is 15.2. The van der Waals surface area contributed by atoms with Crippen molar-refractivity contribution >= 4 is 33.8 Å². The van der Waals surface area contributed by atoms with E-state index >= 15 is 0 Å². The van der Waals surface area contributed by atoms with Gasteiger partial charge in [0.05, 0.1) is 54.8 Å². The Balaban J connectivity index is 0.000000213. The van der Waals surface area contributed by atoms with E-state index < -0.39 is 41.5 Å². The lowest BCUT2D eigenvalue weighted by Gasteiger charge is -2.10. The van der Waals surface area contributed by atoms with Gasteiger partial charge in [-0.15, -0.1) is 0 Å². The molecule has 0 amide bonds. The number of benzene rings is 6. The van der Waals surface area contributed by atoms with Crippen molar-refractivity contribution in [2.45, 2.75) is 56.7 Å². The number of ether oxygens (including phenoxy) is 4. The number of hydrogen-bond donors (Lipinski definition) is 0. The molecule has 0 spiro atoms. The van der Waals surface area contributed by atoms with Crippen LogP contribution in [0.2, 0.25) is 0 Å². The lowest BCUT2D eigenvalue weighted by Crippen LogP contribution is -2.08. The summed E-state index contributed by atoms with van der Waals surface area (Å²) in [6, 6.07) is 36.7. The highest BCUT2D eigenvalue weighted by Gasteiger charge is 2.32. The molecule has 0 bridgehead atoms. The number of carbonyl (C=O) groups excluding carboxylic acids is 3. The molecule has 2 saturated heterocycles. The molecule has 0 radical (unpaired) electrons. The van der Waals surface area contributed by atoms with Crippen molar-refractivity contribution in [1.82, 2.24) is 0 Å². The molecule has 71 heavy (non-hydrogen) atoms. The van der Waals surface area contributed by atoms with Crippen LogP contribution in [0.5, 0.6) is 0 Å². The van der Waals surface area contributed by atoms with E-state index in [4.69, 9.17) is 24.2 Å². The van der Waals surface area contributed by atoms with Gasteiger partial charge in [-0.3, -0.25) is 14.4 Å². The number of rotatable bonds is 10. The van der Waals surface area contributed by atoms with Crippen LogP contribution in [0.25, 0.3) is 0 Å². The van der Waals surface area contributed by atoms with Gasteiger partial charge < -0.3 is 18.9 Å². The molecule has 0 N–H and O–H groups in total. The second kappa shape index (κ2) is 26.6. The maximum Gasteiger partial charge on any atom is 0.416 e. The largest absolute Gasteiger partial charge is 0.416 e. The summed E-state index contributed by atoms with van der Waals surface area (Å²) >= 11 is 3.09. The van der Waals surface area contributed by atoms with Gasteiger partial charge in [-0.2, -0.15) is 44.8 Å². The van der Waals surface area contributed by atoms with Crippen LogP contribution in [0.15, 0.2) is 146 Å². The first-order valence-electron chi connectivity index (χ1n) is 21.0. The van der Waals surface area contributed by atoms with Crippen LogP contribution in [-0.4, -0.2) is 44.3 Å². The summed E-state index contributed by atoms with van der Waals surface area (Å²) in [5.41, 5.74) is 2.81. The number of Topliss-reactive ketones (excluding diaryl/α,β-unsaturated/α-hetero) is 2. The number of carbonyl (C=O) groups is 3. The number of nitrogens with zero attached hydrogens (tertiary/aromatic N) is 1. The van der Waals surface area contributed by atoms with Gasteiger partial charge in [0.2, 0.25) is 0 Å². The van der Waals surface area contributed by atoms with E-state index in [-0.39, 0.29) is 38.1 Å². The predicted octanol–water partition coefficient (Wildman–Crippen LogP) is 14.0. The molecule has 0 unspecified atom stereocenters. The molecule has 0 aliphatic carbocycles. The van der Waals surface area contributed by atoms with E-state index in [2.05, 4.69) is 22.0 Å².